The molecule has 0 aromatic rings. The Morgan fingerprint density at radius 1 is 1.29 bits per heavy atom. The van der Waals surface area contributed by atoms with Crippen LogP contribution in [0.25, 0.3) is 0 Å². The van der Waals surface area contributed by atoms with Gasteiger partial charge < -0.3 is 4.90 Å². The van der Waals surface area contributed by atoms with Crippen molar-refractivity contribution in [2.45, 2.75) is 71.0 Å². The lowest BCUT2D eigenvalue weighted by Crippen LogP contribution is -2.39. The summed E-state index contributed by atoms with van der Waals surface area (Å²) in [6.07, 6.45) is 8.81. The first-order valence-corrected chi connectivity index (χ1v) is 7.32. The van der Waals surface area contributed by atoms with Crippen LogP contribution >= 0.6 is 0 Å². The molecule has 1 aliphatic heterocycles. The predicted octanol–water partition coefficient (Wildman–Crippen LogP) is 2.51. The van der Waals surface area contributed by atoms with Gasteiger partial charge in [-0.3, -0.25) is 10.1 Å². The second-order valence-corrected chi connectivity index (χ2v) is 5.57. The van der Waals surface area contributed by atoms with Crippen molar-refractivity contribution in [2.75, 3.05) is 6.54 Å². The Bertz CT molecular complexity index is 261. The van der Waals surface area contributed by atoms with E-state index < -0.39 is 0 Å². The van der Waals surface area contributed by atoms with Crippen molar-refractivity contribution in [1.29, 1.82) is 0 Å². The molecule has 2 rings (SSSR count). The lowest BCUT2D eigenvalue weighted by molar-refractivity contribution is -0.130. The molecule has 1 saturated heterocycles. The minimum absolute atomic E-state index is 0.0768. The normalized spacial score (nSPS) is 30.5. The first-order valence-electron chi connectivity index (χ1n) is 7.32. The number of amides is 1. The highest BCUT2D eigenvalue weighted by Crippen LogP contribution is 2.28. The average Bonchev–Trinajstić information content (AvgIpc) is 2.92. The largest absolute Gasteiger partial charge is 0.326 e. The van der Waals surface area contributed by atoms with Gasteiger partial charge in [-0.15, -0.1) is 0 Å². The van der Waals surface area contributed by atoms with Gasteiger partial charge in [0.15, 0.2) is 0 Å². The highest BCUT2D eigenvalue weighted by Gasteiger charge is 2.38. The van der Waals surface area contributed by atoms with Gasteiger partial charge in [0, 0.05) is 6.54 Å². The van der Waals surface area contributed by atoms with Crippen LogP contribution in [-0.2, 0) is 4.79 Å². The van der Waals surface area contributed by atoms with Gasteiger partial charge in [0.2, 0.25) is 5.91 Å². The van der Waals surface area contributed by atoms with E-state index in [9.17, 15) is 4.79 Å². The molecule has 0 radical (unpaired) electrons. The van der Waals surface area contributed by atoms with E-state index in [0.29, 0.717) is 12.1 Å². The summed E-state index contributed by atoms with van der Waals surface area (Å²) in [6.45, 7) is 5.28. The maximum absolute atomic E-state index is 12.3. The zero-order chi connectivity index (χ0) is 12.3. The van der Waals surface area contributed by atoms with Crippen LogP contribution in [0.1, 0.15) is 58.8 Å². The first-order chi connectivity index (χ1) is 8.26. The van der Waals surface area contributed by atoms with E-state index in [-0.39, 0.29) is 6.04 Å². The average molecular weight is 238 g/mol. The predicted molar refractivity (Wildman–Crippen MR) is 69.6 cm³/mol. The molecule has 17 heavy (non-hydrogen) atoms. The van der Waals surface area contributed by atoms with Crippen molar-refractivity contribution < 1.29 is 4.79 Å². The minimum atomic E-state index is 0.0768. The zero-order valence-electron chi connectivity index (χ0n) is 11.2. The zero-order valence-corrected chi connectivity index (χ0v) is 11.2. The lowest BCUT2D eigenvalue weighted by Gasteiger charge is -2.26. The summed E-state index contributed by atoms with van der Waals surface area (Å²) in [7, 11) is 0. The summed E-state index contributed by atoms with van der Waals surface area (Å²) in [5, 5.41) is 3.49. The second kappa shape index (κ2) is 5.85. The van der Waals surface area contributed by atoms with Crippen molar-refractivity contribution in [3.8, 4) is 0 Å². The van der Waals surface area contributed by atoms with E-state index in [4.69, 9.17) is 0 Å². The van der Waals surface area contributed by atoms with E-state index >= 15 is 0 Å². The molecule has 1 aliphatic carbocycles. The Labute approximate surface area is 105 Å². The van der Waals surface area contributed by atoms with Crippen LogP contribution in [0, 0.1) is 5.92 Å². The van der Waals surface area contributed by atoms with Crippen LogP contribution in [0.2, 0.25) is 0 Å². The fraction of sp³-hybridized carbons (Fsp3) is 0.929. The topological polar surface area (TPSA) is 32.3 Å². The molecule has 2 atom stereocenters. The SMILES string of the molecule is CCCC1NC(CC)C(=O)N1CC1CCCC1. The number of rotatable bonds is 5. The second-order valence-electron chi connectivity index (χ2n) is 5.57. The first kappa shape index (κ1) is 12.9. The number of hydrogen-bond acceptors (Lipinski definition) is 2. The maximum atomic E-state index is 12.3. The third kappa shape index (κ3) is 2.82. The molecule has 0 bridgehead atoms. The van der Waals surface area contributed by atoms with Crippen LogP contribution in [0.15, 0.2) is 0 Å². The smallest absolute Gasteiger partial charge is 0.241 e. The fourth-order valence-corrected chi connectivity index (χ4v) is 3.24. The van der Waals surface area contributed by atoms with Gasteiger partial charge in [0.1, 0.15) is 0 Å². The molecular formula is C14H26N2O. The maximum Gasteiger partial charge on any atom is 0.241 e. The molecule has 1 amide bonds. The van der Waals surface area contributed by atoms with Gasteiger partial charge in [-0.1, -0.05) is 33.1 Å². The van der Waals surface area contributed by atoms with Gasteiger partial charge >= 0.3 is 0 Å². The van der Waals surface area contributed by atoms with Gasteiger partial charge in [-0.25, -0.2) is 0 Å². The molecule has 3 nitrogen and oxygen atoms in total. The summed E-state index contributed by atoms with van der Waals surface area (Å²) >= 11 is 0. The van der Waals surface area contributed by atoms with Crippen LogP contribution < -0.4 is 5.32 Å². The van der Waals surface area contributed by atoms with Crippen molar-refractivity contribution in [1.82, 2.24) is 10.2 Å². The Morgan fingerprint density at radius 2 is 2.00 bits per heavy atom. The minimum Gasteiger partial charge on any atom is -0.326 e. The van der Waals surface area contributed by atoms with Crippen molar-refractivity contribution in [3.05, 3.63) is 0 Å². The third-order valence-electron chi connectivity index (χ3n) is 4.25. The number of hydrogen-bond donors (Lipinski definition) is 1. The van der Waals surface area contributed by atoms with Gasteiger partial charge in [-0.05, 0) is 31.6 Å². The summed E-state index contributed by atoms with van der Waals surface area (Å²) in [5.41, 5.74) is 0. The number of carbonyl (C=O) groups excluding carboxylic acids is 1. The molecule has 2 fully saturated rings. The van der Waals surface area contributed by atoms with Crippen molar-refractivity contribution >= 4 is 5.91 Å². The molecule has 3 heteroatoms. The van der Waals surface area contributed by atoms with Crippen LogP contribution in [0.4, 0.5) is 0 Å². The van der Waals surface area contributed by atoms with Gasteiger partial charge in [0.05, 0.1) is 12.2 Å². The van der Waals surface area contributed by atoms with Crippen LogP contribution in [0.3, 0.4) is 0 Å². The van der Waals surface area contributed by atoms with Crippen LogP contribution in [0.5, 0.6) is 0 Å². The summed E-state index contributed by atoms with van der Waals surface area (Å²) in [5.74, 6) is 1.11. The van der Waals surface area contributed by atoms with E-state index in [1.54, 1.807) is 0 Å². The molecule has 1 N–H and O–H groups in total. The Balaban J connectivity index is 1.97. The summed E-state index contributed by atoms with van der Waals surface area (Å²) in [6, 6.07) is 0.0768. The quantitative estimate of drug-likeness (QED) is 0.798. The molecule has 1 saturated carbocycles. The monoisotopic (exact) mass is 238 g/mol. The highest BCUT2D eigenvalue weighted by atomic mass is 16.2. The lowest BCUT2D eigenvalue weighted by atomic mass is 10.1. The molecule has 1 heterocycles. The molecule has 2 unspecified atom stereocenters. The number of nitrogens with one attached hydrogen (secondary N) is 1. The molecule has 0 spiro atoms. The fourth-order valence-electron chi connectivity index (χ4n) is 3.24. The highest BCUT2D eigenvalue weighted by molar-refractivity contribution is 5.84. The van der Waals surface area contributed by atoms with E-state index in [1.807, 2.05) is 0 Å². The molecule has 0 aromatic heterocycles. The molecule has 98 valence electrons. The number of nitrogens with zero attached hydrogens (tertiary/aromatic N) is 1. The van der Waals surface area contributed by atoms with E-state index in [1.165, 1.54) is 25.7 Å². The van der Waals surface area contributed by atoms with E-state index in [0.717, 1.165) is 31.7 Å². The summed E-state index contributed by atoms with van der Waals surface area (Å²) in [4.78, 5) is 14.4. The standard InChI is InChI=1S/C14H26N2O/c1-3-7-13-15-12(4-2)14(17)16(13)10-11-8-5-6-9-11/h11-13,15H,3-10H2,1-2H3. The Morgan fingerprint density at radius 3 is 2.59 bits per heavy atom. The molecular weight excluding hydrogens is 212 g/mol. The van der Waals surface area contributed by atoms with Gasteiger partial charge in [0.25, 0.3) is 0 Å². The number of carbonyl (C=O) groups is 1. The van der Waals surface area contributed by atoms with Crippen LogP contribution in [-0.4, -0.2) is 29.6 Å². The molecule has 0 aromatic carbocycles. The molecule has 2 aliphatic rings. The Kier molecular flexibility index (Phi) is 4.43. The van der Waals surface area contributed by atoms with Crippen molar-refractivity contribution in [2.24, 2.45) is 5.92 Å². The Hall–Kier alpha value is -0.570. The van der Waals surface area contributed by atoms with Crippen molar-refractivity contribution in [3.63, 3.8) is 0 Å². The van der Waals surface area contributed by atoms with Gasteiger partial charge in [-0.2, -0.15) is 0 Å². The third-order valence-corrected chi connectivity index (χ3v) is 4.25. The summed E-state index contributed by atoms with van der Waals surface area (Å²) < 4.78 is 0. The van der Waals surface area contributed by atoms with E-state index in [2.05, 4.69) is 24.1 Å².